The number of pyridine rings is 1. The van der Waals surface area contributed by atoms with Gasteiger partial charge in [0.2, 0.25) is 0 Å². The van der Waals surface area contributed by atoms with Crippen LogP contribution >= 0.6 is 11.6 Å². The molecule has 3 rings (SSSR count). The molecule has 2 aromatic carbocycles. The molecular weight excluding hydrogens is 398 g/mol. The van der Waals surface area contributed by atoms with Gasteiger partial charge in [-0.1, -0.05) is 54.1 Å². The highest BCUT2D eigenvalue weighted by atomic mass is 35.5. The molecule has 0 saturated carbocycles. The number of aromatic nitrogens is 1. The minimum absolute atomic E-state index is 0.139. The van der Waals surface area contributed by atoms with Gasteiger partial charge >= 0.3 is 0 Å². The number of rotatable bonds is 7. The van der Waals surface area contributed by atoms with E-state index in [0.717, 1.165) is 5.56 Å². The van der Waals surface area contributed by atoms with Gasteiger partial charge in [-0.2, -0.15) is 0 Å². The SMILES string of the molecule is O=C(NCCc1ccccc1)c1ccccc1NS(=O)(=O)c1cccnc1Cl. The maximum absolute atomic E-state index is 12.6. The monoisotopic (exact) mass is 415 g/mol. The number of amides is 1. The molecule has 28 heavy (non-hydrogen) atoms. The topological polar surface area (TPSA) is 88.2 Å². The van der Waals surface area contributed by atoms with Crippen molar-refractivity contribution in [3.8, 4) is 0 Å². The van der Waals surface area contributed by atoms with Crippen molar-refractivity contribution in [2.45, 2.75) is 11.3 Å². The third-order valence-corrected chi connectivity index (χ3v) is 5.78. The van der Waals surface area contributed by atoms with Crippen LogP contribution in [0.25, 0.3) is 0 Å². The van der Waals surface area contributed by atoms with Crippen LogP contribution in [0.4, 0.5) is 5.69 Å². The molecule has 1 amide bonds. The average molecular weight is 416 g/mol. The molecule has 144 valence electrons. The van der Waals surface area contributed by atoms with Gasteiger partial charge in [0.25, 0.3) is 15.9 Å². The van der Waals surface area contributed by atoms with Crippen LogP contribution in [0.15, 0.2) is 77.8 Å². The van der Waals surface area contributed by atoms with Crippen LogP contribution in [0.2, 0.25) is 5.15 Å². The second kappa shape index (κ2) is 8.86. The predicted octanol–water partition coefficient (Wildman–Crippen LogP) is 3.51. The summed E-state index contributed by atoms with van der Waals surface area (Å²) < 4.78 is 27.7. The lowest BCUT2D eigenvalue weighted by Crippen LogP contribution is -2.27. The maximum Gasteiger partial charge on any atom is 0.264 e. The molecular formula is C20H18ClN3O3S. The summed E-state index contributed by atoms with van der Waals surface area (Å²) in [6.45, 7) is 0.429. The van der Waals surface area contributed by atoms with E-state index in [1.54, 1.807) is 18.2 Å². The third kappa shape index (κ3) is 4.88. The second-order valence-electron chi connectivity index (χ2n) is 5.93. The Kier molecular flexibility index (Phi) is 6.28. The standard InChI is InChI=1S/C20H18ClN3O3S/c21-19-18(11-6-13-22-19)28(26,27)24-17-10-5-4-9-16(17)20(25)23-14-12-15-7-2-1-3-8-15/h1-11,13,24H,12,14H2,(H,23,25). The van der Waals surface area contributed by atoms with Gasteiger partial charge in [0.1, 0.15) is 10.0 Å². The van der Waals surface area contributed by atoms with Gasteiger partial charge in [0.05, 0.1) is 11.3 Å². The number of benzene rings is 2. The van der Waals surface area contributed by atoms with E-state index in [-0.39, 0.29) is 27.2 Å². The highest BCUT2D eigenvalue weighted by Gasteiger charge is 2.21. The number of hydrogen-bond acceptors (Lipinski definition) is 4. The van der Waals surface area contributed by atoms with E-state index in [1.165, 1.54) is 24.4 Å². The number of halogens is 1. The van der Waals surface area contributed by atoms with E-state index in [9.17, 15) is 13.2 Å². The van der Waals surface area contributed by atoms with Gasteiger partial charge in [-0.15, -0.1) is 0 Å². The molecule has 0 aliphatic rings. The Hall–Kier alpha value is -2.90. The van der Waals surface area contributed by atoms with Crippen molar-refractivity contribution in [3.63, 3.8) is 0 Å². The minimum Gasteiger partial charge on any atom is -0.352 e. The van der Waals surface area contributed by atoms with E-state index in [4.69, 9.17) is 11.6 Å². The highest BCUT2D eigenvalue weighted by molar-refractivity contribution is 7.92. The summed E-state index contributed by atoms with van der Waals surface area (Å²) in [4.78, 5) is 16.2. The molecule has 0 fully saturated rings. The Morgan fingerprint density at radius 3 is 2.43 bits per heavy atom. The Balaban J connectivity index is 1.74. The molecule has 0 saturated heterocycles. The quantitative estimate of drug-likeness (QED) is 0.578. The number of carbonyl (C=O) groups excluding carboxylic acids is 1. The Labute approximate surface area is 168 Å². The lowest BCUT2D eigenvalue weighted by atomic mass is 10.1. The fourth-order valence-corrected chi connectivity index (χ4v) is 4.14. The van der Waals surface area contributed by atoms with Crippen molar-refractivity contribution in [2.75, 3.05) is 11.3 Å². The fraction of sp³-hybridized carbons (Fsp3) is 0.100. The molecule has 1 aromatic heterocycles. The molecule has 6 nitrogen and oxygen atoms in total. The van der Waals surface area contributed by atoms with Crippen molar-refractivity contribution >= 4 is 33.2 Å². The minimum atomic E-state index is -3.99. The summed E-state index contributed by atoms with van der Waals surface area (Å²) in [5.41, 5.74) is 1.49. The van der Waals surface area contributed by atoms with Gasteiger partial charge in [-0.3, -0.25) is 9.52 Å². The summed E-state index contributed by atoms with van der Waals surface area (Å²) in [6.07, 6.45) is 2.07. The summed E-state index contributed by atoms with van der Waals surface area (Å²) in [5, 5.41) is 2.67. The molecule has 0 spiro atoms. The molecule has 0 radical (unpaired) electrons. The first-order valence-electron chi connectivity index (χ1n) is 8.52. The number of anilines is 1. The Bertz CT molecular complexity index is 1070. The first-order valence-corrected chi connectivity index (χ1v) is 10.4. The zero-order valence-electron chi connectivity index (χ0n) is 14.8. The van der Waals surface area contributed by atoms with Crippen LogP contribution in [0.1, 0.15) is 15.9 Å². The predicted molar refractivity (Wildman–Crippen MR) is 109 cm³/mol. The normalized spacial score (nSPS) is 11.0. The third-order valence-electron chi connectivity index (χ3n) is 3.97. The molecule has 0 bridgehead atoms. The van der Waals surface area contributed by atoms with E-state index in [2.05, 4.69) is 15.0 Å². The molecule has 0 aliphatic heterocycles. The van der Waals surface area contributed by atoms with Gasteiger partial charge in [-0.05, 0) is 36.2 Å². The largest absolute Gasteiger partial charge is 0.352 e. The number of hydrogen-bond donors (Lipinski definition) is 2. The highest BCUT2D eigenvalue weighted by Crippen LogP contribution is 2.23. The molecule has 1 heterocycles. The summed E-state index contributed by atoms with van der Waals surface area (Å²) in [6, 6.07) is 19.0. The fourth-order valence-electron chi connectivity index (χ4n) is 2.60. The van der Waals surface area contributed by atoms with Crippen molar-refractivity contribution in [3.05, 3.63) is 89.2 Å². The van der Waals surface area contributed by atoms with Gasteiger partial charge in [0, 0.05) is 12.7 Å². The summed E-state index contributed by atoms with van der Waals surface area (Å²) in [5.74, 6) is -0.369. The van der Waals surface area contributed by atoms with Gasteiger partial charge < -0.3 is 5.32 Å². The average Bonchev–Trinajstić information content (AvgIpc) is 2.69. The van der Waals surface area contributed by atoms with E-state index in [0.29, 0.717) is 13.0 Å². The first kappa shape index (κ1) is 19.9. The van der Waals surface area contributed by atoms with Crippen molar-refractivity contribution < 1.29 is 13.2 Å². The van der Waals surface area contributed by atoms with Crippen LogP contribution in [0.5, 0.6) is 0 Å². The van der Waals surface area contributed by atoms with Crippen molar-refractivity contribution in [1.29, 1.82) is 0 Å². The maximum atomic E-state index is 12.6. The van der Waals surface area contributed by atoms with Crippen molar-refractivity contribution in [2.24, 2.45) is 0 Å². The van der Waals surface area contributed by atoms with E-state index < -0.39 is 10.0 Å². The number of nitrogens with zero attached hydrogens (tertiary/aromatic N) is 1. The number of para-hydroxylation sites is 1. The second-order valence-corrected chi connectivity index (χ2v) is 7.94. The molecule has 0 atom stereocenters. The van der Waals surface area contributed by atoms with Crippen LogP contribution in [0.3, 0.4) is 0 Å². The van der Waals surface area contributed by atoms with E-state index >= 15 is 0 Å². The molecule has 0 aliphatic carbocycles. The molecule has 0 unspecified atom stereocenters. The number of carbonyl (C=O) groups is 1. The van der Waals surface area contributed by atoms with Gasteiger partial charge in [-0.25, -0.2) is 13.4 Å². The lowest BCUT2D eigenvalue weighted by molar-refractivity contribution is 0.0955. The Morgan fingerprint density at radius 1 is 0.964 bits per heavy atom. The number of nitrogens with one attached hydrogen (secondary N) is 2. The van der Waals surface area contributed by atoms with Gasteiger partial charge in [0.15, 0.2) is 0 Å². The zero-order valence-corrected chi connectivity index (χ0v) is 16.4. The van der Waals surface area contributed by atoms with Crippen molar-refractivity contribution in [1.82, 2.24) is 10.3 Å². The smallest absolute Gasteiger partial charge is 0.264 e. The van der Waals surface area contributed by atoms with Crippen LogP contribution in [0, 0.1) is 0 Å². The summed E-state index contributed by atoms with van der Waals surface area (Å²) in [7, 11) is -3.99. The van der Waals surface area contributed by atoms with Crippen LogP contribution in [-0.4, -0.2) is 25.9 Å². The zero-order chi connectivity index (χ0) is 20.0. The van der Waals surface area contributed by atoms with E-state index in [1.807, 2.05) is 30.3 Å². The van der Waals surface area contributed by atoms with Crippen LogP contribution in [-0.2, 0) is 16.4 Å². The molecule has 3 aromatic rings. The molecule has 8 heteroatoms. The number of sulfonamides is 1. The lowest BCUT2D eigenvalue weighted by Gasteiger charge is -2.13. The van der Waals surface area contributed by atoms with Crippen LogP contribution < -0.4 is 10.0 Å². The summed E-state index contributed by atoms with van der Waals surface area (Å²) >= 11 is 5.89. The first-order chi connectivity index (χ1) is 13.5. The molecule has 2 N–H and O–H groups in total. The Morgan fingerprint density at radius 2 is 1.68 bits per heavy atom.